The Morgan fingerprint density at radius 1 is 1.50 bits per heavy atom. The molecule has 0 saturated carbocycles. The summed E-state index contributed by atoms with van der Waals surface area (Å²) in [5.41, 5.74) is 7.81. The standard InChI is InChI=1S/C8H7BrN2S/c1-4-2-3-5(9)6-7(4)12-8(10)11-6/h2-3H,1H3,(H2,10,11). The van der Waals surface area contributed by atoms with E-state index in [0.717, 1.165) is 9.99 Å². The second-order valence-corrected chi connectivity index (χ2v) is 4.48. The summed E-state index contributed by atoms with van der Waals surface area (Å²) in [5, 5.41) is 0.625. The van der Waals surface area contributed by atoms with E-state index in [0.29, 0.717) is 5.13 Å². The van der Waals surface area contributed by atoms with Crippen molar-refractivity contribution in [1.82, 2.24) is 4.98 Å². The Morgan fingerprint density at radius 3 is 2.92 bits per heavy atom. The summed E-state index contributed by atoms with van der Waals surface area (Å²) >= 11 is 4.96. The topological polar surface area (TPSA) is 38.9 Å². The number of hydrogen-bond donors (Lipinski definition) is 1. The van der Waals surface area contributed by atoms with Gasteiger partial charge in [-0.25, -0.2) is 4.98 Å². The summed E-state index contributed by atoms with van der Waals surface area (Å²) in [6, 6.07) is 4.06. The van der Waals surface area contributed by atoms with Crippen LogP contribution in [0.3, 0.4) is 0 Å². The minimum atomic E-state index is 0.625. The molecule has 0 bridgehead atoms. The molecule has 2 N–H and O–H groups in total. The molecule has 62 valence electrons. The first kappa shape index (κ1) is 8.01. The van der Waals surface area contributed by atoms with E-state index < -0.39 is 0 Å². The van der Waals surface area contributed by atoms with Gasteiger partial charge in [0.25, 0.3) is 0 Å². The van der Waals surface area contributed by atoms with Crippen LogP contribution in [-0.2, 0) is 0 Å². The van der Waals surface area contributed by atoms with Crippen LogP contribution in [0.15, 0.2) is 16.6 Å². The van der Waals surface area contributed by atoms with Crippen molar-refractivity contribution in [1.29, 1.82) is 0 Å². The summed E-state index contributed by atoms with van der Waals surface area (Å²) in [7, 11) is 0. The molecule has 1 aromatic heterocycles. The Morgan fingerprint density at radius 2 is 2.25 bits per heavy atom. The fourth-order valence-corrected chi connectivity index (χ4v) is 2.50. The minimum Gasteiger partial charge on any atom is -0.375 e. The van der Waals surface area contributed by atoms with Crippen LogP contribution in [0, 0.1) is 6.92 Å². The Balaban J connectivity index is 2.93. The minimum absolute atomic E-state index is 0.625. The van der Waals surface area contributed by atoms with Gasteiger partial charge in [-0.3, -0.25) is 0 Å². The van der Waals surface area contributed by atoms with E-state index in [1.54, 1.807) is 0 Å². The predicted octanol–water partition coefficient (Wildman–Crippen LogP) is 2.95. The largest absolute Gasteiger partial charge is 0.375 e. The van der Waals surface area contributed by atoms with Crippen molar-refractivity contribution in [2.45, 2.75) is 6.92 Å². The SMILES string of the molecule is Cc1ccc(Br)c2nc(N)sc12. The highest BCUT2D eigenvalue weighted by Gasteiger charge is 2.06. The number of halogens is 1. The quantitative estimate of drug-likeness (QED) is 0.772. The summed E-state index contributed by atoms with van der Waals surface area (Å²) < 4.78 is 2.18. The van der Waals surface area contributed by atoms with Crippen LogP contribution >= 0.6 is 27.3 Å². The van der Waals surface area contributed by atoms with E-state index in [9.17, 15) is 0 Å². The van der Waals surface area contributed by atoms with Gasteiger partial charge in [0.15, 0.2) is 5.13 Å². The number of rotatable bonds is 0. The highest BCUT2D eigenvalue weighted by molar-refractivity contribution is 9.10. The molecule has 0 aliphatic rings. The lowest BCUT2D eigenvalue weighted by Crippen LogP contribution is -1.79. The van der Waals surface area contributed by atoms with Gasteiger partial charge in [-0.1, -0.05) is 17.4 Å². The molecular formula is C8H7BrN2S. The fourth-order valence-electron chi connectivity index (χ4n) is 1.12. The molecule has 0 aliphatic heterocycles. The van der Waals surface area contributed by atoms with E-state index in [-0.39, 0.29) is 0 Å². The smallest absolute Gasteiger partial charge is 0.181 e. The molecule has 0 radical (unpaired) electrons. The predicted molar refractivity (Wildman–Crippen MR) is 56.5 cm³/mol. The molecule has 2 rings (SSSR count). The maximum Gasteiger partial charge on any atom is 0.181 e. The van der Waals surface area contributed by atoms with E-state index >= 15 is 0 Å². The lowest BCUT2D eigenvalue weighted by atomic mass is 10.2. The number of nitrogen functional groups attached to an aromatic ring is 1. The highest BCUT2D eigenvalue weighted by atomic mass is 79.9. The molecule has 0 unspecified atom stereocenters. The van der Waals surface area contributed by atoms with E-state index in [1.807, 2.05) is 6.07 Å². The van der Waals surface area contributed by atoms with Gasteiger partial charge in [0.1, 0.15) is 0 Å². The zero-order chi connectivity index (χ0) is 8.72. The number of thiazole rings is 1. The molecule has 0 fully saturated rings. The third-order valence-electron chi connectivity index (χ3n) is 1.71. The van der Waals surface area contributed by atoms with E-state index in [2.05, 4.69) is 33.9 Å². The monoisotopic (exact) mass is 242 g/mol. The molecule has 1 heterocycles. The number of nitrogens with zero attached hydrogens (tertiary/aromatic N) is 1. The third kappa shape index (κ3) is 1.11. The van der Waals surface area contributed by atoms with Crippen LogP contribution in [0.5, 0.6) is 0 Å². The molecule has 0 aliphatic carbocycles. The molecule has 2 aromatic rings. The maximum atomic E-state index is 5.61. The van der Waals surface area contributed by atoms with Gasteiger partial charge < -0.3 is 5.73 Å². The Kier molecular flexibility index (Phi) is 1.81. The first-order valence-corrected chi connectivity index (χ1v) is 5.10. The molecule has 0 atom stereocenters. The first-order chi connectivity index (χ1) is 5.68. The van der Waals surface area contributed by atoms with Gasteiger partial charge in [0.2, 0.25) is 0 Å². The number of benzene rings is 1. The van der Waals surface area contributed by atoms with Crippen molar-refractivity contribution in [2.24, 2.45) is 0 Å². The summed E-state index contributed by atoms with van der Waals surface area (Å²) in [5.74, 6) is 0. The second kappa shape index (κ2) is 2.71. The second-order valence-electron chi connectivity index (χ2n) is 2.59. The molecule has 4 heteroatoms. The van der Waals surface area contributed by atoms with Crippen molar-refractivity contribution < 1.29 is 0 Å². The Hall–Kier alpha value is -0.610. The number of aromatic nitrogens is 1. The fraction of sp³-hybridized carbons (Fsp3) is 0.125. The first-order valence-electron chi connectivity index (χ1n) is 3.49. The van der Waals surface area contributed by atoms with Gasteiger partial charge in [0, 0.05) is 4.47 Å². The number of aryl methyl sites for hydroxylation is 1. The molecule has 2 nitrogen and oxygen atoms in total. The lowest BCUT2D eigenvalue weighted by Gasteiger charge is -1.94. The van der Waals surface area contributed by atoms with Gasteiger partial charge in [0.05, 0.1) is 10.2 Å². The van der Waals surface area contributed by atoms with E-state index in [1.165, 1.54) is 21.6 Å². The molecular weight excluding hydrogens is 236 g/mol. The summed E-state index contributed by atoms with van der Waals surface area (Å²) in [6.45, 7) is 2.06. The van der Waals surface area contributed by atoms with Crippen LogP contribution in [0.25, 0.3) is 10.2 Å². The highest BCUT2D eigenvalue weighted by Crippen LogP contribution is 2.31. The Labute approximate surface area is 82.5 Å². The zero-order valence-electron chi connectivity index (χ0n) is 6.47. The Bertz CT molecular complexity index is 397. The van der Waals surface area contributed by atoms with Gasteiger partial charge in [-0.2, -0.15) is 0 Å². The number of nitrogens with two attached hydrogens (primary N) is 1. The van der Waals surface area contributed by atoms with Crippen LogP contribution in [-0.4, -0.2) is 4.98 Å². The van der Waals surface area contributed by atoms with Crippen molar-refractivity contribution in [3.63, 3.8) is 0 Å². The van der Waals surface area contributed by atoms with Gasteiger partial charge >= 0.3 is 0 Å². The van der Waals surface area contributed by atoms with Crippen LogP contribution in [0.2, 0.25) is 0 Å². The average Bonchev–Trinajstić information content (AvgIpc) is 2.41. The van der Waals surface area contributed by atoms with Crippen molar-refractivity contribution in [3.05, 3.63) is 22.2 Å². The average molecular weight is 243 g/mol. The molecule has 0 amide bonds. The normalized spacial score (nSPS) is 10.8. The van der Waals surface area contributed by atoms with Crippen LogP contribution in [0.1, 0.15) is 5.56 Å². The van der Waals surface area contributed by atoms with Crippen molar-refractivity contribution in [2.75, 3.05) is 5.73 Å². The summed E-state index contributed by atoms with van der Waals surface area (Å²) in [6.07, 6.45) is 0. The lowest BCUT2D eigenvalue weighted by molar-refractivity contribution is 1.46. The maximum absolute atomic E-state index is 5.61. The summed E-state index contributed by atoms with van der Waals surface area (Å²) in [4.78, 5) is 4.22. The van der Waals surface area contributed by atoms with Crippen LogP contribution < -0.4 is 5.73 Å². The molecule has 0 saturated heterocycles. The van der Waals surface area contributed by atoms with Gasteiger partial charge in [-0.05, 0) is 34.5 Å². The van der Waals surface area contributed by atoms with Crippen LogP contribution in [0.4, 0.5) is 5.13 Å². The molecule has 1 aromatic carbocycles. The number of anilines is 1. The zero-order valence-corrected chi connectivity index (χ0v) is 8.87. The molecule has 0 spiro atoms. The third-order valence-corrected chi connectivity index (χ3v) is 3.37. The number of hydrogen-bond acceptors (Lipinski definition) is 3. The van der Waals surface area contributed by atoms with Crippen molar-refractivity contribution in [3.8, 4) is 0 Å². The van der Waals surface area contributed by atoms with Crippen molar-refractivity contribution >= 4 is 42.6 Å². The van der Waals surface area contributed by atoms with E-state index in [4.69, 9.17) is 5.73 Å². The molecule has 12 heavy (non-hydrogen) atoms. The van der Waals surface area contributed by atoms with Gasteiger partial charge in [-0.15, -0.1) is 0 Å². The number of fused-ring (bicyclic) bond motifs is 1.